The number of hydrogen-bond donors (Lipinski definition) is 1. The number of halogens is 3. The third kappa shape index (κ3) is 2.68. The lowest BCUT2D eigenvalue weighted by atomic mass is 9.86. The normalized spacial score (nSPS) is 34.3. The number of alkyl halides is 3. The maximum atomic E-state index is 13.5. The van der Waals surface area contributed by atoms with E-state index in [0.717, 1.165) is 11.5 Å². The quantitative estimate of drug-likeness (QED) is 0.894. The monoisotopic (exact) mass is 339 g/mol. The first-order valence-electron chi connectivity index (χ1n) is 6.79. The molecule has 118 valence electrons. The van der Waals surface area contributed by atoms with Gasteiger partial charge in [-0.25, -0.2) is 0 Å². The fraction of sp³-hybridized carbons (Fsp3) is 0.833. The van der Waals surface area contributed by atoms with Crippen molar-refractivity contribution in [2.45, 2.75) is 35.4 Å². The average Bonchev–Trinajstić information content (AvgIpc) is 3.08. The van der Waals surface area contributed by atoms with Crippen LogP contribution >= 0.6 is 23.5 Å². The Morgan fingerprint density at radius 3 is 2.71 bits per heavy atom. The third-order valence-corrected chi connectivity index (χ3v) is 7.08. The Kier molecular flexibility index (Phi) is 4.17. The summed E-state index contributed by atoms with van der Waals surface area (Å²) in [5, 5.41) is 6.88. The zero-order valence-electron chi connectivity index (χ0n) is 11.4. The Bertz CT molecular complexity index is 502. The van der Waals surface area contributed by atoms with Crippen LogP contribution in [0.25, 0.3) is 0 Å². The van der Waals surface area contributed by atoms with Crippen LogP contribution in [-0.2, 0) is 5.41 Å². The van der Waals surface area contributed by atoms with Crippen molar-refractivity contribution in [2.75, 3.05) is 24.6 Å². The summed E-state index contributed by atoms with van der Waals surface area (Å²) in [6, 6.07) is 0. The van der Waals surface area contributed by atoms with Crippen molar-refractivity contribution >= 4 is 23.5 Å². The fourth-order valence-electron chi connectivity index (χ4n) is 2.70. The highest BCUT2D eigenvalue weighted by Crippen LogP contribution is 2.46. The number of nitrogens with zero attached hydrogens (tertiary/aromatic N) is 2. The van der Waals surface area contributed by atoms with E-state index in [-0.39, 0.29) is 29.4 Å². The van der Waals surface area contributed by atoms with Crippen molar-refractivity contribution in [3.63, 3.8) is 0 Å². The second-order valence-corrected chi connectivity index (χ2v) is 8.07. The Labute approximate surface area is 129 Å². The van der Waals surface area contributed by atoms with Crippen LogP contribution in [0.5, 0.6) is 0 Å². The van der Waals surface area contributed by atoms with Gasteiger partial charge in [-0.3, -0.25) is 0 Å². The molecule has 3 rings (SSSR count). The molecule has 2 aliphatic heterocycles. The maximum Gasteiger partial charge on any atom is 0.404 e. The highest BCUT2D eigenvalue weighted by Gasteiger charge is 2.61. The van der Waals surface area contributed by atoms with E-state index in [1.165, 1.54) is 0 Å². The molecule has 9 heteroatoms. The maximum absolute atomic E-state index is 13.5. The first kappa shape index (κ1) is 15.5. The van der Waals surface area contributed by atoms with Crippen molar-refractivity contribution in [3.05, 3.63) is 11.7 Å². The van der Waals surface area contributed by atoms with Gasteiger partial charge < -0.3 is 9.84 Å². The molecule has 2 fully saturated rings. The predicted octanol–water partition coefficient (Wildman–Crippen LogP) is 2.77. The smallest absolute Gasteiger partial charge is 0.338 e. The molecule has 0 amide bonds. The number of thioether (sulfide) groups is 2. The molecule has 0 bridgehead atoms. The van der Waals surface area contributed by atoms with Gasteiger partial charge in [-0.15, -0.1) is 11.8 Å². The van der Waals surface area contributed by atoms with Crippen LogP contribution in [0.1, 0.15) is 30.3 Å². The van der Waals surface area contributed by atoms with Crippen molar-refractivity contribution in [1.29, 1.82) is 0 Å². The van der Waals surface area contributed by atoms with Crippen LogP contribution in [0.3, 0.4) is 0 Å². The molecule has 3 heterocycles. The number of nitrogens with one attached hydrogen (secondary N) is 1. The Balaban J connectivity index is 1.90. The van der Waals surface area contributed by atoms with Crippen LogP contribution in [0.15, 0.2) is 4.52 Å². The highest BCUT2D eigenvalue weighted by molar-refractivity contribution is 8.06. The summed E-state index contributed by atoms with van der Waals surface area (Å²) in [5.41, 5.74) is -2.03. The second-order valence-electron chi connectivity index (χ2n) is 5.33. The van der Waals surface area contributed by atoms with Gasteiger partial charge in [0.15, 0.2) is 11.2 Å². The lowest BCUT2D eigenvalue weighted by molar-refractivity contribution is -0.191. The van der Waals surface area contributed by atoms with Crippen LogP contribution in [0.4, 0.5) is 13.2 Å². The molecule has 2 saturated heterocycles. The van der Waals surface area contributed by atoms with Crippen molar-refractivity contribution in [2.24, 2.45) is 0 Å². The van der Waals surface area contributed by atoms with Gasteiger partial charge in [0.2, 0.25) is 5.89 Å². The first-order valence-corrected chi connectivity index (χ1v) is 8.88. The van der Waals surface area contributed by atoms with E-state index in [1.54, 1.807) is 23.5 Å². The van der Waals surface area contributed by atoms with Gasteiger partial charge in [-0.1, -0.05) is 12.1 Å². The summed E-state index contributed by atoms with van der Waals surface area (Å²) >= 11 is 3.47. The molecular weight excluding hydrogens is 323 g/mol. The lowest BCUT2D eigenvalue weighted by Crippen LogP contribution is -2.44. The molecule has 2 aliphatic rings. The zero-order chi connectivity index (χ0) is 15.1. The van der Waals surface area contributed by atoms with E-state index < -0.39 is 11.6 Å². The highest BCUT2D eigenvalue weighted by atomic mass is 32.2. The Morgan fingerprint density at radius 2 is 2.10 bits per heavy atom. The summed E-state index contributed by atoms with van der Waals surface area (Å²) in [5.74, 6) is 2.10. The van der Waals surface area contributed by atoms with Gasteiger partial charge in [-0.05, 0) is 13.0 Å². The van der Waals surface area contributed by atoms with Crippen LogP contribution in [0, 0.1) is 0 Å². The van der Waals surface area contributed by atoms with Crippen LogP contribution < -0.4 is 5.32 Å². The van der Waals surface area contributed by atoms with E-state index in [9.17, 15) is 13.2 Å². The minimum Gasteiger partial charge on any atom is -0.338 e. The molecule has 1 aromatic heterocycles. The topological polar surface area (TPSA) is 51.0 Å². The molecule has 0 radical (unpaired) electrons. The molecule has 0 aromatic carbocycles. The van der Waals surface area contributed by atoms with E-state index in [0.29, 0.717) is 12.4 Å². The van der Waals surface area contributed by atoms with Crippen molar-refractivity contribution < 1.29 is 17.7 Å². The zero-order valence-corrected chi connectivity index (χ0v) is 13.1. The van der Waals surface area contributed by atoms with E-state index >= 15 is 0 Å². The van der Waals surface area contributed by atoms with Crippen molar-refractivity contribution in [3.8, 4) is 0 Å². The summed E-state index contributed by atoms with van der Waals surface area (Å²) < 4.78 is 45.4. The predicted molar refractivity (Wildman–Crippen MR) is 76.6 cm³/mol. The molecule has 3 atom stereocenters. The first-order chi connectivity index (χ1) is 9.94. The summed E-state index contributed by atoms with van der Waals surface area (Å²) in [6.07, 6.45) is -4.44. The largest absolute Gasteiger partial charge is 0.404 e. The Hall–Kier alpha value is -0.410. The van der Waals surface area contributed by atoms with Gasteiger partial charge in [0.25, 0.3) is 0 Å². The number of rotatable bonds is 2. The fourth-order valence-corrected chi connectivity index (χ4v) is 5.38. The van der Waals surface area contributed by atoms with Gasteiger partial charge in [0, 0.05) is 23.3 Å². The van der Waals surface area contributed by atoms with Gasteiger partial charge in [0.05, 0.1) is 5.25 Å². The van der Waals surface area contributed by atoms with Gasteiger partial charge in [-0.2, -0.15) is 29.9 Å². The van der Waals surface area contributed by atoms with Crippen LogP contribution in [0.2, 0.25) is 0 Å². The molecule has 4 nitrogen and oxygen atoms in total. The third-order valence-electron chi connectivity index (χ3n) is 3.99. The van der Waals surface area contributed by atoms with E-state index in [4.69, 9.17) is 4.52 Å². The molecule has 0 spiro atoms. The van der Waals surface area contributed by atoms with Crippen LogP contribution in [-0.4, -0.2) is 46.2 Å². The molecule has 21 heavy (non-hydrogen) atoms. The SMILES string of the molecule is CC1SCCSC1c1noc(C2(C(F)(F)F)CCNC2)n1. The van der Waals surface area contributed by atoms with Crippen molar-refractivity contribution in [1.82, 2.24) is 15.5 Å². The summed E-state index contributed by atoms with van der Waals surface area (Å²) in [7, 11) is 0. The average molecular weight is 339 g/mol. The Morgan fingerprint density at radius 1 is 1.33 bits per heavy atom. The molecule has 0 aliphatic carbocycles. The summed E-state index contributed by atoms with van der Waals surface area (Å²) in [6.45, 7) is 2.16. The molecule has 1 aromatic rings. The summed E-state index contributed by atoms with van der Waals surface area (Å²) in [4.78, 5) is 4.13. The lowest BCUT2D eigenvalue weighted by Gasteiger charge is -2.27. The van der Waals surface area contributed by atoms with Gasteiger partial charge >= 0.3 is 6.18 Å². The second kappa shape index (κ2) is 5.66. The van der Waals surface area contributed by atoms with Gasteiger partial charge in [0.1, 0.15) is 0 Å². The standard InChI is InChI=1S/C12H16F3N3OS2/c1-7-8(21-5-4-20-7)9-17-10(19-18-9)11(12(13,14)15)2-3-16-6-11/h7-8,16H,2-6H2,1H3. The number of hydrogen-bond acceptors (Lipinski definition) is 6. The van der Waals surface area contributed by atoms with E-state index in [2.05, 4.69) is 15.5 Å². The molecule has 3 unspecified atom stereocenters. The minimum atomic E-state index is -4.39. The number of aromatic nitrogens is 2. The molecular formula is C12H16F3N3OS2. The minimum absolute atomic E-state index is 0.000830. The van der Waals surface area contributed by atoms with E-state index in [1.807, 2.05) is 6.92 Å². The molecule has 1 N–H and O–H groups in total. The molecule has 0 saturated carbocycles.